The van der Waals surface area contributed by atoms with Crippen molar-refractivity contribution in [2.45, 2.75) is 39.5 Å². The van der Waals surface area contributed by atoms with Gasteiger partial charge in [0.25, 0.3) is 0 Å². The summed E-state index contributed by atoms with van der Waals surface area (Å²) in [5.74, 6) is 2.23. The van der Waals surface area contributed by atoms with E-state index in [1.54, 1.807) is 0 Å². The summed E-state index contributed by atoms with van der Waals surface area (Å²) in [6.07, 6.45) is 5.09. The SMILES string of the molecule is CC(C)CN(C)CC1CCC(CO)CC1. The van der Waals surface area contributed by atoms with Gasteiger partial charge in [0.15, 0.2) is 0 Å². The summed E-state index contributed by atoms with van der Waals surface area (Å²) in [6.45, 7) is 7.41. The van der Waals surface area contributed by atoms with Crippen molar-refractivity contribution in [3.8, 4) is 0 Å². The molecule has 1 rings (SSSR count). The average molecular weight is 213 g/mol. The number of aliphatic hydroxyl groups excluding tert-OH is 1. The molecule has 0 aromatic carbocycles. The van der Waals surface area contributed by atoms with Gasteiger partial charge in [-0.2, -0.15) is 0 Å². The Bertz CT molecular complexity index is 162. The van der Waals surface area contributed by atoms with Gasteiger partial charge in [-0.3, -0.25) is 0 Å². The first kappa shape index (κ1) is 13.0. The Balaban J connectivity index is 2.17. The van der Waals surface area contributed by atoms with Crippen molar-refractivity contribution < 1.29 is 5.11 Å². The van der Waals surface area contributed by atoms with Gasteiger partial charge in [-0.25, -0.2) is 0 Å². The molecule has 0 heterocycles. The summed E-state index contributed by atoms with van der Waals surface area (Å²) in [7, 11) is 2.23. The van der Waals surface area contributed by atoms with Crippen molar-refractivity contribution in [2.24, 2.45) is 17.8 Å². The topological polar surface area (TPSA) is 23.5 Å². The number of rotatable bonds is 5. The molecule has 2 nitrogen and oxygen atoms in total. The molecule has 15 heavy (non-hydrogen) atoms. The summed E-state index contributed by atoms with van der Waals surface area (Å²) < 4.78 is 0. The Kier molecular flexibility index (Phi) is 5.62. The molecular formula is C13H27NO. The molecule has 90 valence electrons. The van der Waals surface area contributed by atoms with Gasteiger partial charge in [-0.15, -0.1) is 0 Å². The molecule has 0 amide bonds. The van der Waals surface area contributed by atoms with Crippen LogP contribution in [-0.4, -0.2) is 36.8 Å². The Morgan fingerprint density at radius 3 is 2.13 bits per heavy atom. The van der Waals surface area contributed by atoms with E-state index in [1.807, 2.05) is 0 Å². The van der Waals surface area contributed by atoms with Gasteiger partial charge < -0.3 is 10.0 Å². The fourth-order valence-electron chi connectivity index (χ4n) is 2.74. The first-order valence-corrected chi connectivity index (χ1v) is 6.41. The molecule has 0 unspecified atom stereocenters. The van der Waals surface area contributed by atoms with E-state index in [0.29, 0.717) is 12.5 Å². The third-order valence-electron chi connectivity index (χ3n) is 3.47. The quantitative estimate of drug-likeness (QED) is 0.758. The zero-order chi connectivity index (χ0) is 11.3. The van der Waals surface area contributed by atoms with Crippen LogP contribution in [0.5, 0.6) is 0 Å². The van der Waals surface area contributed by atoms with Crippen LogP contribution in [0.1, 0.15) is 39.5 Å². The van der Waals surface area contributed by atoms with E-state index >= 15 is 0 Å². The van der Waals surface area contributed by atoms with Gasteiger partial charge in [-0.05, 0) is 50.5 Å². The van der Waals surface area contributed by atoms with Crippen molar-refractivity contribution in [3.63, 3.8) is 0 Å². The van der Waals surface area contributed by atoms with E-state index in [4.69, 9.17) is 5.11 Å². The lowest BCUT2D eigenvalue weighted by atomic mass is 9.82. The number of hydrogen-bond acceptors (Lipinski definition) is 2. The van der Waals surface area contributed by atoms with E-state index < -0.39 is 0 Å². The van der Waals surface area contributed by atoms with Crippen LogP contribution in [0.25, 0.3) is 0 Å². The van der Waals surface area contributed by atoms with Crippen LogP contribution in [0.2, 0.25) is 0 Å². The lowest BCUT2D eigenvalue weighted by Crippen LogP contribution is -2.31. The Morgan fingerprint density at radius 2 is 1.67 bits per heavy atom. The largest absolute Gasteiger partial charge is 0.396 e. The predicted molar refractivity (Wildman–Crippen MR) is 64.9 cm³/mol. The highest BCUT2D eigenvalue weighted by molar-refractivity contribution is 4.74. The average Bonchev–Trinajstić information content (AvgIpc) is 2.17. The molecule has 0 atom stereocenters. The zero-order valence-electron chi connectivity index (χ0n) is 10.6. The maximum absolute atomic E-state index is 9.07. The lowest BCUT2D eigenvalue weighted by Gasteiger charge is -2.31. The first-order valence-electron chi connectivity index (χ1n) is 6.41. The molecule has 0 saturated heterocycles. The van der Waals surface area contributed by atoms with Gasteiger partial charge in [0, 0.05) is 19.7 Å². The van der Waals surface area contributed by atoms with Crippen LogP contribution in [0.4, 0.5) is 0 Å². The lowest BCUT2D eigenvalue weighted by molar-refractivity contribution is 0.145. The highest BCUT2D eigenvalue weighted by atomic mass is 16.3. The number of hydrogen-bond donors (Lipinski definition) is 1. The zero-order valence-corrected chi connectivity index (χ0v) is 10.6. The molecule has 1 aliphatic carbocycles. The highest BCUT2D eigenvalue weighted by Crippen LogP contribution is 2.28. The molecule has 0 aromatic rings. The van der Waals surface area contributed by atoms with Gasteiger partial charge in [0.1, 0.15) is 0 Å². The van der Waals surface area contributed by atoms with E-state index in [9.17, 15) is 0 Å². The van der Waals surface area contributed by atoms with Crippen LogP contribution >= 0.6 is 0 Å². The molecule has 0 aromatic heterocycles. The first-order chi connectivity index (χ1) is 7.11. The van der Waals surface area contributed by atoms with Crippen LogP contribution in [0.3, 0.4) is 0 Å². The molecule has 0 spiro atoms. The van der Waals surface area contributed by atoms with E-state index in [2.05, 4.69) is 25.8 Å². The highest BCUT2D eigenvalue weighted by Gasteiger charge is 2.21. The van der Waals surface area contributed by atoms with Gasteiger partial charge >= 0.3 is 0 Å². The fourth-order valence-corrected chi connectivity index (χ4v) is 2.74. The molecule has 0 bridgehead atoms. The van der Waals surface area contributed by atoms with E-state index in [-0.39, 0.29) is 0 Å². The third kappa shape index (κ3) is 4.98. The van der Waals surface area contributed by atoms with Crippen molar-refractivity contribution in [1.82, 2.24) is 4.90 Å². The second-order valence-electron chi connectivity index (χ2n) is 5.68. The molecule has 1 N–H and O–H groups in total. The fraction of sp³-hybridized carbons (Fsp3) is 1.00. The standard InChI is InChI=1S/C13H27NO/c1-11(2)8-14(3)9-12-4-6-13(10-15)7-5-12/h11-13,15H,4-10H2,1-3H3. The molecule has 2 heteroatoms. The molecule has 1 saturated carbocycles. The maximum Gasteiger partial charge on any atom is 0.0459 e. The number of aliphatic hydroxyl groups is 1. The predicted octanol–water partition coefficient (Wildman–Crippen LogP) is 2.37. The van der Waals surface area contributed by atoms with E-state index in [0.717, 1.165) is 11.8 Å². The minimum absolute atomic E-state index is 0.397. The van der Waals surface area contributed by atoms with E-state index in [1.165, 1.54) is 38.8 Å². The molecular weight excluding hydrogens is 186 g/mol. The second-order valence-corrected chi connectivity index (χ2v) is 5.68. The Morgan fingerprint density at radius 1 is 1.13 bits per heavy atom. The van der Waals surface area contributed by atoms with Gasteiger partial charge in [0.2, 0.25) is 0 Å². The van der Waals surface area contributed by atoms with Gasteiger partial charge in [-0.1, -0.05) is 13.8 Å². The summed E-state index contributed by atoms with van der Waals surface area (Å²) in [5.41, 5.74) is 0. The maximum atomic E-state index is 9.07. The van der Waals surface area contributed by atoms with Crippen molar-refractivity contribution in [3.05, 3.63) is 0 Å². The van der Waals surface area contributed by atoms with Crippen LogP contribution < -0.4 is 0 Å². The summed E-state index contributed by atoms with van der Waals surface area (Å²) >= 11 is 0. The second kappa shape index (κ2) is 6.49. The van der Waals surface area contributed by atoms with Crippen LogP contribution in [0.15, 0.2) is 0 Å². The smallest absolute Gasteiger partial charge is 0.0459 e. The molecule has 0 aliphatic heterocycles. The summed E-state index contributed by atoms with van der Waals surface area (Å²) in [6, 6.07) is 0. The summed E-state index contributed by atoms with van der Waals surface area (Å²) in [5, 5.41) is 9.07. The minimum atomic E-state index is 0.397. The minimum Gasteiger partial charge on any atom is -0.396 e. The third-order valence-corrected chi connectivity index (χ3v) is 3.47. The molecule has 1 aliphatic rings. The molecule has 0 radical (unpaired) electrons. The monoisotopic (exact) mass is 213 g/mol. The Labute approximate surface area is 94.7 Å². The normalized spacial score (nSPS) is 27.6. The van der Waals surface area contributed by atoms with Crippen molar-refractivity contribution in [1.29, 1.82) is 0 Å². The van der Waals surface area contributed by atoms with Crippen LogP contribution in [0, 0.1) is 17.8 Å². The number of nitrogens with zero attached hydrogens (tertiary/aromatic N) is 1. The van der Waals surface area contributed by atoms with Gasteiger partial charge in [0.05, 0.1) is 0 Å². The molecule has 1 fully saturated rings. The van der Waals surface area contributed by atoms with Crippen LogP contribution in [-0.2, 0) is 0 Å². The van der Waals surface area contributed by atoms with Crippen molar-refractivity contribution in [2.75, 3.05) is 26.7 Å². The van der Waals surface area contributed by atoms with Crippen molar-refractivity contribution >= 4 is 0 Å². The Hall–Kier alpha value is -0.0800. The summed E-state index contributed by atoms with van der Waals surface area (Å²) in [4.78, 5) is 2.47.